The smallest absolute Gasteiger partial charge is 0.349 e. The van der Waals surface area contributed by atoms with Crippen molar-refractivity contribution in [2.24, 2.45) is 5.92 Å². The number of carbonyl (C=O) groups excluding carboxylic acids is 2. The van der Waals surface area contributed by atoms with Gasteiger partial charge in [-0.1, -0.05) is 12.1 Å². The fourth-order valence-corrected chi connectivity index (χ4v) is 2.47. The van der Waals surface area contributed by atoms with Crippen molar-refractivity contribution in [3.63, 3.8) is 0 Å². The number of ether oxygens (including phenoxy) is 2. The summed E-state index contributed by atoms with van der Waals surface area (Å²) in [6, 6.07) is 6.44. The van der Waals surface area contributed by atoms with E-state index < -0.39 is 17.7 Å². The molecule has 2 fully saturated rings. The molecule has 0 aromatic heterocycles. The van der Waals surface area contributed by atoms with Gasteiger partial charge in [0.05, 0.1) is 0 Å². The lowest BCUT2D eigenvalue weighted by Crippen LogP contribution is -2.42. The molecular formula is C16H16O5. The Morgan fingerprint density at radius 2 is 1.62 bits per heavy atom. The molecule has 3 rings (SSSR count). The van der Waals surface area contributed by atoms with Crippen molar-refractivity contribution in [2.75, 3.05) is 0 Å². The third-order valence-corrected chi connectivity index (χ3v) is 3.52. The second kappa shape index (κ2) is 4.62. The van der Waals surface area contributed by atoms with E-state index in [4.69, 9.17) is 9.47 Å². The van der Waals surface area contributed by atoms with Crippen LogP contribution in [0.1, 0.15) is 32.3 Å². The number of aromatic hydroxyl groups is 1. The van der Waals surface area contributed by atoms with Gasteiger partial charge in [-0.15, -0.1) is 0 Å². The van der Waals surface area contributed by atoms with Crippen molar-refractivity contribution >= 4 is 17.5 Å². The average molecular weight is 288 g/mol. The van der Waals surface area contributed by atoms with E-state index in [1.54, 1.807) is 12.1 Å². The molecule has 0 spiro atoms. The Morgan fingerprint density at radius 1 is 1.10 bits per heavy atom. The normalized spacial score (nSPS) is 20.8. The van der Waals surface area contributed by atoms with E-state index >= 15 is 0 Å². The summed E-state index contributed by atoms with van der Waals surface area (Å²) < 4.78 is 10.3. The molecule has 1 aliphatic heterocycles. The summed E-state index contributed by atoms with van der Waals surface area (Å²) in [6.45, 7) is 3.05. The summed E-state index contributed by atoms with van der Waals surface area (Å²) in [5.74, 6) is -2.24. The monoisotopic (exact) mass is 288 g/mol. The number of benzene rings is 1. The number of rotatable bonds is 2. The zero-order valence-electron chi connectivity index (χ0n) is 11.9. The summed E-state index contributed by atoms with van der Waals surface area (Å²) in [6.07, 6.45) is 1.84. The minimum atomic E-state index is -1.23. The highest BCUT2D eigenvalue weighted by Crippen LogP contribution is 2.45. The molecule has 1 aliphatic carbocycles. The predicted molar refractivity (Wildman–Crippen MR) is 74.0 cm³/mol. The minimum Gasteiger partial charge on any atom is -0.508 e. The summed E-state index contributed by atoms with van der Waals surface area (Å²) in [5.41, 5.74) is 1.36. The lowest BCUT2D eigenvalue weighted by atomic mass is 9.95. The second-order valence-corrected chi connectivity index (χ2v) is 5.79. The van der Waals surface area contributed by atoms with Crippen molar-refractivity contribution in [1.82, 2.24) is 0 Å². The molecule has 21 heavy (non-hydrogen) atoms. The maximum absolute atomic E-state index is 12.2. The number of hydrogen-bond donors (Lipinski definition) is 1. The standard InChI is InChI=1S/C16H16O5/c1-16(2)20-14(18)13(15(19)21-16)12(9-3-4-9)10-5-7-11(17)8-6-10/h5-9,17H,3-4H2,1-2H3. The third-order valence-electron chi connectivity index (χ3n) is 3.52. The van der Waals surface area contributed by atoms with E-state index in [1.807, 2.05) is 0 Å². The van der Waals surface area contributed by atoms with Crippen LogP contribution in [0.2, 0.25) is 0 Å². The van der Waals surface area contributed by atoms with Crippen LogP contribution in [0.3, 0.4) is 0 Å². The van der Waals surface area contributed by atoms with Crippen LogP contribution in [0, 0.1) is 5.92 Å². The van der Waals surface area contributed by atoms with Gasteiger partial charge in [0.25, 0.3) is 5.79 Å². The number of cyclic esters (lactones) is 2. The molecule has 1 saturated carbocycles. The van der Waals surface area contributed by atoms with E-state index in [0.717, 1.165) is 18.4 Å². The maximum Gasteiger partial charge on any atom is 0.349 e. The zero-order chi connectivity index (χ0) is 15.2. The van der Waals surface area contributed by atoms with Crippen molar-refractivity contribution < 1.29 is 24.2 Å². The quantitative estimate of drug-likeness (QED) is 0.514. The molecule has 1 saturated heterocycles. The Bertz CT molecular complexity index is 613. The van der Waals surface area contributed by atoms with Gasteiger partial charge < -0.3 is 14.6 Å². The van der Waals surface area contributed by atoms with Gasteiger partial charge in [-0.2, -0.15) is 0 Å². The Balaban J connectivity index is 2.09. The van der Waals surface area contributed by atoms with Gasteiger partial charge in [0.2, 0.25) is 0 Å². The molecule has 0 atom stereocenters. The molecule has 1 aromatic carbocycles. The van der Waals surface area contributed by atoms with Crippen LogP contribution in [0.25, 0.3) is 5.57 Å². The molecule has 110 valence electrons. The molecule has 0 unspecified atom stereocenters. The number of allylic oxidation sites excluding steroid dienone is 1. The summed E-state index contributed by atoms with van der Waals surface area (Å²) in [7, 11) is 0. The van der Waals surface area contributed by atoms with E-state index in [0.29, 0.717) is 5.57 Å². The highest BCUT2D eigenvalue weighted by molar-refractivity contribution is 6.21. The SMILES string of the molecule is CC1(C)OC(=O)C(=C(c2ccc(O)cc2)C2CC2)C(=O)O1. The maximum atomic E-state index is 12.2. The van der Waals surface area contributed by atoms with Gasteiger partial charge in [-0.05, 0) is 42.0 Å². The third kappa shape index (κ3) is 2.63. The number of phenols is 1. The summed E-state index contributed by atoms with van der Waals surface area (Å²) in [4.78, 5) is 24.4. The van der Waals surface area contributed by atoms with Gasteiger partial charge in [0, 0.05) is 13.8 Å². The first-order chi connectivity index (χ1) is 9.87. The van der Waals surface area contributed by atoms with Crippen LogP contribution in [0.15, 0.2) is 29.8 Å². The summed E-state index contributed by atoms with van der Waals surface area (Å²) >= 11 is 0. The fraction of sp³-hybridized carbons (Fsp3) is 0.375. The van der Waals surface area contributed by atoms with Crippen molar-refractivity contribution in [1.29, 1.82) is 0 Å². The second-order valence-electron chi connectivity index (χ2n) is 5.79. The lowest BCUT2D eigenvalue weighted by molar-refractivity contribution is -0.222. The number of carbonyl (C=O) groups is 2. The van der Waals surface area contributed by atoms with Crippen LogP contribution < -0.4 is 0 Å². The lowest BCUT2D eigenvalue weighted by Gasteiger charge is -2.31. The van der Waals surface area contributed by atoms with Gasteiger partial charge in [0.15, 0.2) is 0 Å². The fourth-order valence-electron chi connectivity index (χ4n) is 2.47. The van der Waals surface area contributed by atoms with Gasteiger partial charge in [0.1, 0.15) is 11.3 Å². The van der Waals surface area contributed by atoms with E-state index in [9.17, 15) is 14.7 Å². The molecule has 2 aliphatic rings. The molecule has 5 heteroatoms. The summed E-state index contributed by atoms with van der Waals surface area (Å²) in [5, 5.41) is 9.38. The molecule has 5 nitrogen and oxygen atoms in total. The topological polar surface area (TPSA) is 72.8 Å². The van der Waals surface area contributed by atoms with Crippen molar-refractivity contribution in [3.8, 4) is 5.75 Å². The molecular weight excluding hydrogens is 272 g/mol. The number of hydrogen-bond acceptors (Lipinski definition) is 5. The van der Waals surface area contributed by atoms with Crippen molar-refractivity contribution in [2.45, 2.75) is 32.5 Å². The van der Waals surface area contributed by atoms with Gasteiger partial charge in [-0.3, -0.25) is 0 Å². The number of esters is 2. The molecule has 0 amide bonds. The first-order valence-corrected chi connectivity index (χ1v) is 6.87. The van der Waals surface area contributed by atoms with Crippen LogP contribution >= 0.6 is 0 Å². The minimum absolute atomic E-state index is 0.0254. The molecule has 0 bridgehead atoms. The van der Waals surface area contributed by atoms with E-state index in [1.165, 1.54) is 26.0 Å². The van der Waals surface area contributed by atoms with Crippen LogP contribution in [0.5, 0.6) is 5.75 Å². The van der Waals surface area contributed by atoms with E-state index in [2.05, 4.69) is 0 Å². The molecule has 1 heterocycles. The van der Waals surface area contributed by atoms with Gasteiger partial charge >= 0.3 is 11.9 Å². The van der Waals surface area contributed by atoms with E-state index in [-0.39, 0.29) is 17.2 Å². The molecule has 1 N–H and O–H groups in total. The first kappa shape index (κ1) is 13.7. The molecule has 1 aromatic rings. The highest BCUT2D eigenvalue weighted by Gasteiger charge is 2.43. The van der Waals surface area contributed by atoms with Crippen LogP contribution in [0.4, 0.5) is 0 Å². The zero-order valence-corrected chi connectivity index (χ0v) is 11.9. The van der Waals surface area contributed by atoms with Crippen LogP contribution in [-0.2, 0) is 19.1 Å². The predicted octanol–water partition coefficient (Wildman–Crippen LogP) is 2.39. The van der Waals surface area contributed by atoms with Crippen molar-refractivity contribution in [3.05, 3.63) is 35.4 Å². The number of phenolic OH excluding ortho intramolecular Hbond substituents is 1. The largest absolute Gasteiger partial charge is 0.508 e. The highest BCUT2D eigenvalue weighted by atomic mass is 16.7. The Hall–Kier alpha value is -2.30. The molecule has 0 radical (unpaired) electrons. The first-order valence-electron chi connectivity index (χ1n) is 6.87. The van der Waals surface area contributed by atoms with Gasteiger partial charge in [-0.25, -0.2) is 9.59 Å². The Labute approximate surface area is 122 Å². The average Bonchev–Trinajstić information content (AvgIpc) is 3.18. The Kier molecular flexibility index (Phi) is 3.01. The Morgan fingerprint density at radius 3 is 2.10 bits per heavy atom. The van der Waals surface area contributed by atoms with Crippen LogP contribution in [-0.4, -0.2) is 22.8 Å².